The molecular formula is C19H25ClN2O2. The molecule has 0 radical (unpaired) electrons. The molecule has 2 amide bonds. The Morgan fingerprint density at radius 3 is 2.96 bits per heavy atom. The molecule has 1 heterocycles. The van der Waals surface area contributed by atoms with Crippen LogP contribution in [-0.2, 0) is 4.79 Å². The molecule has 0 aromatic heterocycles. The van der Waals surface area contributed by atoms with Crippen molar-refractivity contribution in [2.45, 2.75) is 45.1 Å². The number of nitrogens with one attached hydrogen (secondary N) is 2. The molecule has 2 fully saturated rings. The average molecular weight is 349 g/mol. The smallest absolute Gasteiger partial charge is 0.251 e. The highest BCUT2D eigenvalue weighted by Gasteiger charge is 2.38. The van der Waals surface area contributed by atoms with Gasteiger partial charge in [-0.2, -0.15) is 0 Å². The molecule has 1 aliphatic heterocycles. The lowest BCUT2D eigenvalue weighted by molar-refractivity contribution is -0.130. The largest absolute Gasteiger partial charge is 0.353 e. The lowest BCUT2D eigenvalue weighted by Gasteiger charge is -2.41. The summed E-state index contributed by atoms with van der Waals surface area (Å²) < 4.78 is 0. The summed E-state index contributed by atoms with van der Waals surface area (Å²) in [5.41, 5.74) is 0.553. The van der Waals surface area contributed by atoms with Gasteiger partial charge in [-0.1, -0.05) is 31.0 Å². The van der Waals surface area contributed by atoms with E-state index in [9.17, 15) is 9.59 Å². The Labute approximate surface area is 148 Å². The number of hydrogen-bond donors (Lipinski definition) is 2. The molecule has 0 bridgehead atoms. The summed E-state index contributed by atoms with van der Waals surface area (Å²) in [6.07, 6.45) is 5.22. The highest BCUT2D eigenvalue weighted by molar-refractivity contribution is 6.30. The van der Waals surface area contributed by atoms with Gasteiger partial charge in [-0.15, -0.1) is 0 Å². The van der Waals surface area contributed by atoms with E-state index in [1.807, 2.05) is 0 Å². The second-order valence-corrected chi connectivity index (χ2v) is 7.72. The van der Waals surface area contributed by atoms with Crippen molar-refractivity contribution >= 4 is 23.4 Å². The first kappa shape index (κ1) is 17.3. The fourth-order valence-corrected chi connectivity index (χ4v) is 4.21. The molecule has 2 N–H and O–H groups in total. The Kier molecular flexibility index (Phi) is 5.44. The fraction of sp³-hybridized carbons (Fsp3) is 0.579. The second-order valence-electron chi connectivity index (χ2n) is 7.28. The number of benzene rings is 1. The topological polar surface area (TPSA) is 58.2 Å². The molecule has 4 unspecified atom stereocenters. The van der Waals surface area contributed by atoms with Gasteiger partial charge in [0.1, 0.15) is 0 Å². The maximum absolute atomic E-state index is 12.3. The predicted octanol–water partition coefficient (Wildman–Crippen LogP) is 3.40. The van der Waals surface area contributed by atoms with Crippen molar-refractivity contribution in [3.8, 4) is 0 Å². The lowest BCUT2D eigenvalue weighted by Crippen LogP contribution is -2.52. The standard InChI is InChI=1S/C19H25ClN2O2/c1-12-5-6-13-10-15(19(24)22-17(13)9-12)7-8-21-18(23)14-3-2-4-16(20)11-14/h2-4,11-13,15,17H,5-10H2,1H3,(H,21,23)(H,22,24). The molecule has 1 saturated carbocycles. The molecule has 0 spiro atoms. The van der Waals surface area contributed by atoms with Crippen LogP contribution in [0.2, 0.25) is 5.02 Å². The summed E-state index contributed by atoms with van der Waals surface area (Å²) in [6, 6.07) is 7.25. The van der Waals surface area contributed by atoms with E-state index in [0.717, 1.165) is 12.8 Å². The molecule has 5 heteroatoms. The van der Waals surface area contributed by atoms with Crippen LogP contribution in [0.5, 0.6) is 0 Å². The summed E-state index contributed by atoms with van der Waals surface area (Å²) in [5.74, 6) is 1.34. The molecule has 2 aliphatic rings. The van der Waals surface area contributed by atoms with Gasteiger partial charge in [0.25, 0.3) is 5.91 Å². The Morgan fingerprint density at radius 1 is 1.33 bits per heavy atom. The van der Waals surface area contributed by atoms with Crippen molar-refractivity contribution in [2.75, 3.05) is 6.54 Å². The number of hydrogen-bond acceptors (Lipinski definition) is 2. The van der Waals surface area contributed by atoms with Gasteiger partial charge in [-0.25, -0.2) is 0 Å². The third-order valence-electron chi connectivity index (χ3n) is 5.41. The second kappa shape index (κ2) is 7.56. The Balaban J connectivity index is 1.48. The van der Waals surface area contributed by atoms with Gasteiger partial charge in [0.15, 0.2) is 0 Å². The van der Waals surface area contributed by atoms with Gasteiger partial charge in [-0.05, 0) is 55.7 Å². The zero-order valence-corrected chi connectivity index (χ0v) is 14.8. The molecule has 24 heavy (non-hydrogen) atoms. The number of halogens is 1. The molecule has 130 valence electrons. The number of rotatable bonds is 4. The van der Waals surface area contributed by atoms with E-state index >= 15 is 0 Å². The van der Waals surface area contributed by atoms with E-state index in [1.165, 1.54) is 12.8 Å². The first-order chi connectivity index (χ1) is 11.5. The van der Waals surface area contributed by atoms with Crippen molar-refractivity contribution in [1.82, 2.24) is 10.6 Å². The number of carbonyl (C=O) groups is 2. The molecular weight excluding hydrogens is 324 g/mol. The molecule has 1 aromatic rings. The zero-order chi connectivity index (χ0) is 17.1. The SMILES string of the molecule is CC1CCC2CC(CCNC(=O)c3cccc(Cl)c3)C(=O)NC2C1. The molecule has 1 aliphatic carbocycles. The highest BCUT2D eigenvalue weighted by atomic mass is 35.5. The van der Waals surface area contributed by atoms with Gasteiger partial charge in [-0.3, -0.25) is 9.59 Å². The fourth-order valence-electron chi connectivity index (χ4n) is 4.02. The maximum Gasteiger partial charge on any atom is 0.251 e. The van der Waals surface area contributed by atoms with Gasteiger partial charge in [0.05, 0.1) is 0 Å². The summed E-state index contributed by atoms with van der Waals surface area (Å²) in [7, 11) is 0. The van der Waals surface area contributed by atoms with E-state index in [-0.39, 0.29) is 17.7 Å². The molecule has 1 aromatic carbocycles. The minimum Gasteiger partial charge on any atom is -0.353 e. The Morgan fingerprint density at radius 2 is 2.17 bits per heavy atom. The highest BCUT2D eigenvalue weighted by Crippen LogP contribution is 2.36. The van der Waals surface area contributed by atoms with E-state index in [4.69, 9.17) is 11.6 Å². The normalized spacial score (nSPS) is 29.5. The average Bonchev–Trinajstić information content (AvgIpc) is 2.55. The van der Waals surface area contributed by atoms with Crippen molar-refractivity contribution < 1.29 is 9.59 Å². The van der Waals surface area contributed by atoms with Crippen LogP contribution < -0.4 is 10.6 Å². The van der Waals surface area contributed by atoms with E-state index < -0.39 is 0 Å². The van der Waals surface area contributed by atoms with Crippen LogP contribution in [0.3, 0.4) is 0 Å². The molecule has 4 nitrogen and oxygen atoms in total. The first-order valence-electron chi connectivity index (χ1n) is 8.87. The zero-order valence-electron chi connectivity index (χ0n) is 14.1. The maximum atomic E-state index is 12.3. The summed E-state index contributed by atoms with van der Waals surface area (Å²) in [6.45, 7) is 2.77. The van der Waals surface area contributed by atoms with Crippen molar-refractivity contribution in [1.29, 1.82) is 0 Å². The van der Waals surface area contributed by atoms with Crippen LogP contribution in [0.15, 0.2) is 24.3 Å². The van der Waals surface area contributed by atoms with E-state index in [0.29, 0.717) is 41.4 Å². The van der Waals surface area contributed by atoms with Crippen molar-refractivity contribution in [2.24, 2.45) is 17.8 Å². The number of amides is 2. The van der Waals surface area contributed by atoms with Crippen LogP contribution in [-0.4, -0.2) is 24.4 Å². The minimum absolute atomic E-state index is 0.0133. The molecule has 4 atom stereocenters. The third-order valence-corrected chi connectivity index (χ3v) is 5.64. The van der Waals surface area contributed by atoms with Crippen molar-refractivity contribution in [3.63, 3.8) is 0 Å². The van der Waals surface area contributed by atoms with Gasteiger partial charge < -0.3 is 10.6 Å². The van der Waals surface area contributed by atoms with Crippen LogP contribution in [0.25, 0.3) is 0 Å². The lowest BCUT2D eigenvalue weighted by atomic mass is 9.72. The van der Waals surface area contributed by atoms with Gasteiger partial charge in [0, 0.05) is 29.1 Å². The monoisotopic (exact) mass is 348 g/mol. The number of carbonyl (C=O) groups excluding carboxylic acids is 2. The van der Waals surface area contributed by atoms with Gasteiger partial charge >= 0.3 is 0 Å². The third kappa shape index (κ3) is 4.10. The summed E-state index contributed by atoms with van der Waals surface area (Å²) >= 11 is 5.91. The van der Waals surface area contributed by atoms with E-state index in [2.05, 4.69) is 17.6 Å². The molecule has 3 rings (SSSR count). The number of fused-ring (bicyclic) bond motifs is 1. The van der Waals surface area contributed by atoms with Crippen LogP contribution >= 0.6 is 11.6 Å². The molecule has 1 saturated heterocycles. The minimum atomic E-state index is -0.141. The van der Waals surface area contributed by atoms with Crippen LogP contribution in [0.4, 0.5) is 0 Å². The van der Waals surface area contributed by atoms with E-state index in [1.54, 1.807) is 24.3 Å². The Bertz CT molecular complexity index is 619. The van der Waals surface area contributed by atoms with Gasteiger partial charge in [0.2, 0.25) is 5.91 Å². The summed E-state index contributed by atoms with van der Waals surface area (Å²) in [5, 5.41) is 6.65. The predicted molar refractivity (Wildman–Crippen MR) is 94.9 cm³/mol. The van der Waals surface area contributed by atoms with Crippen LogP contribution in [0.1, 0.15) is 49.4 Å². The number of piperidine rings is 1. The summed E-state index contributed by atoms with van der Waals surface area (Å²) in [4.78, 5) is 24.4. The quantitative estimate of drug-likeness (QED) is 0.876. The first-order valence-corrected chi connectivity index (χ1v) is 9.25. The van der Waals surface area contributed by atoms with Crippen molar-refractivity contribution in [3.05, 3.63) is 34.9 Å². The van der Waals surface area contributed by atoms with Crippen LogP contribution in [0, 0.1) is 17.8 Å². The Hall–Kier alpha value is -1.55.